The maximum Gasteiger partial charge on any atom is 0.0714 e. The van der Waals surface area contributed by atoms with E-state index in [1.807, 2.05) is 11.8 Å². The van der Waals surface area contributed by atoms with E-state index in [0.29, 0.717) is 5.92 Å². The van der Waals surface area contributed by atoms with Crippen LogP contribution in [0, 0.1) is 5.92 Å². The summed E-state index contributed by atoms with van der Waals surface area (Å²) in [6, 6.07) is 65.2. The van der Waals surface area contributed by atoms with Crippen LogP contribution in [0.4, 0.5) is 17.1 Å². The van der Waals surface area contributed by atoms with Crippen LogP contribution < -0.4 is 4.90 Å². The van der Waals surface area contributed by atoms with Crippen molar-refractivity contribution in [2.75, 3.05) is 4.90 Å². The fourth-order valence-corrected chi connectivity index (χ4v) is 11.0. The smallest absolute Gasteiger partial charge is 0.0714 e. The van der Waals surface area contributed by atoms with Gasteiger partial charge in [0.25, 0.3) is 0 Å². The average molecular weight is 712 g/mol. The third-order valence-electron chi connectivity index (χ3n) is 12.0. The maximum atomic E-state index is 2.42. The van der Waals surface area contributed by atoms with Gasteiger partial charge < -0.3 is 4.90 Å². The van der Waals surface area contributed by atoms with E-state index in [1.54, 1.807) is 0 Å². The van der Waals surface area contributed by atoms with Crippen LogP contribution in [-0.4, -0.2) is 0 Å². The molecule has 1 aliphatic heterocycles. The van der Waals surface area contributed by atoms with Gasteiger partial charge in [-0.05, 0) is 109 Å². The second-order valence-corrected chi connectivity index (χ2v) is 16.4. The number of fused-ring (bicyclic) bond motifs is 5. The van der Waals surface area contributed by atoms with Crippen molar-refractivity contribution in [1.29, 1.82) is 0 Å². The zero-order valence-corrected chi connectivity index (χ0v) is 31.4. The second kappa shape index (κ2) is 12.9. The molecule has 0 saturated heterocycles. The summed E-state index contributed by atoms with van der Waals surface area (Å²) in [5, 5.41) is 0. The Balaban J connectivity index is 1.12. The zero-order valence-electron chi connectivity index (χ0n) is 30.6. The van der Waals surface area contributed by atoms with Crippen molar-refractivity contribution in [3.05, 3.63) is 227 Å². The predicted molar refractivity (Wildman–Crippen MR) is 228 cm³/mol. The summed E-state index contributed by atoms with van der Waals surface area (Å²) in [5.74, 6) is 0.539. The van der Waals surface area contributed by atoms with Crippen LogP contribution in [0.1, 0.15) is 48.1 Å². The molecule has 0 N–H and O–H groups in total. The van der Waals surface area contributed by atoms with E-state index < -0.39 is 5.41 Å². The van der Waals surface area contributed by atoms with Gasteiger partial charge in [-0.2, -0.15) is 0 Å². The average Bonchev–Trinajstić information content (AvgIpc) is 3.53. The van der Waals surface area contributed by atoms with Crippen molar-refractivity contribution in [2.45, 2.75) is 36.0 Å². The van der Waals surface area contributed by atoms with Gasteiger partial charge in [-0.15, -0.1) is 0 Å². The van der Waals surface area contributed by atoms with Crippen molar-refractivity contribution >= 4 is 28.8 Å². The van der Waals surface area contributed by atoms with E-state index in [1.165, 1.54) is 59.9 Å². The van der Waals surface area contributed by atoms with Gasteiger partial charge in [-0.1, -0.05) is 177 Å². The summed E-state index contributed by atoms with van der Waals surface area (Å²) < 4.78 is 0. The summed E-state index contributed by atoms with van der Waals surface area (Å²) >= 11 is 1.96. The number of benzene rings is 7. The standard InChI is InChI=1S/C52H41NS/c1-51(2)47-29-13-14-30-49(47)54-50-34-37(31-32-48(50)51)36-17-15-23-41(33-36)53(40-21-7-4-8-22-40)42-24-16-20-39(35-42)52(38-18-5-3-6-19-38)45-27-11-9-25-43(45)44-26-10-12-28-46(44)52/h3-28,30-35,47H,29H2,1-2H3. The number of nitrogens with zero attached hydrogens (tertiary/aromatic N) is 1. The fraction of sp³-hybridized carbons (Fsp3) is 0.115. The van der Waals surface area contributed by atoms with E-state index in [-0.39, 0.29) is 5.41 Å². The third kappa shape index (κ3) is 5.08. The first-order chi connectivity index (χ1) is 26.5. The van der Waals surface area contributed by atoms with Gasteiger partial charge in [-0.3, -0.25) is 0 Å². The number of allylic oxidation sites excluding steroid dienone is 4. The van der Waals surface area contributed by atoms with Gasteiger partial charge in [0.05, 0.1) is 5.41 Å². The van der Waals surface area contributed by atoms with Crippen molar-refractivity contribution in [1.82, 2.24) is 0 Å². The van der Waals surface area contributed by atoms with Crippen LogP contribution in [0.3, 0.4) is 0 Å². The Labute approximate surface area is 323 Å². The van der Waals surface area contributed by atoms with E-state index in [2.05, 4.69) is 213 Å². The normalized spacial score (nSPS) is 17.1. The molecule has 7 aromatic rings. The molecule has 260 valence electrons. The van der Waals surface area contributed by atoms with Crippen LogP contribution in [0.2, 0.25) is 0 Å². The quantitative estimate of drug-likeness (QED) is 0.169. The van der Waals surface area contributed by atoms with Gasteiger partial charge >= 0.3 is 0 Å². The Morgan fingerprint density at radius 2 is 1.11 bits per heavy atom. The lowest BCUT2D eigenvalue weighted by molar-refractivity contribution is 0.366. The lowest BCUT2D eigenvalue weighted by atomic mass is 9.67. The Kier molecular flexibility index (Phi) is 7.85. The minimum absolute atomic E-state index is 0.0874. The number of para-hydroxylation sites is 1. The van der Waals surface area contributed by atoms with Gasteiger partial charge in [0, 0.05) is 27.9 Å². The first-order valence-electron chi connectivity index (χ1n) is 19.0. The van der Waals surface area contributed by atoms with E-state index in [9.17, 15) is 0 Å². The highest BCUT2D eigenvalue weighted by atomic mass is 32.2. The first kappa shape index (κ1) is 32.8. The number of hydrogen-bond donors (Lipinski definition) is 0. The van der Waals surface area contributed by atoms with Crippen molar-refractivity contribution in [2.24, 2.45) is 5.92 Å². The third-order valence-corrected chi connectivity index (χ3v) is 13.2. The fourth-order valence-electron chi connectivity index (χ4n) is 9.44. The molecule has 2 aliphatic carbocycles. The SMILES string of the molecule is CC1(C)c2ccc(-c3cccc(N(c4ccccc4)c4cccc(C5(c6ccccc6)c6ccccc6-c6ccccc65)c4)c3)cc2SC2=CC=CCC21. The molecule has 54 heavy (non-hydrogen) atoms. The Morgan fingerprint density at radius 3 is 1.85 bits per heavy atom. The molecule has 1 heterocycles. The molecule has 10 rings (SSSR count). The molecule has 0 spiro atoms. The van der Waals surface area contributed by atoms with Gasteiger partial charge in [0.2, 0.25) is 0 Å². The molecular formula is C52H41NS. The molecule has 7 aromatic carbocycles. The van der Waals surface area contributed by atoms with Crippen LogP contribution >= 0.6 is 11.8 Å². The number of hydrogen-bond acceptors (Lipinski definition) is 2. The summed E-state index contributed by atoms with van der Waals surface area (Å²) in [4.78, 5) is 5.27. The van der Waals surface area contributed by atoms with Gasteiger partial charge in [0.1, 0.15) is 0 Å². The molecule has 2 heteroatoms. The monoisotopic (exact) mass is 711 g/mol. The molecule has 0 radical (unpaired) electrons. The summed E-state index contributed by atoms with van der Waals surface area (Å²) in [6.07, 6.45) is 7.99. The van der Waals surface area contributed by atoms with Crippen LogP contribution in [0.15, 0.2) is 204 Å². The highest BCUT2D eigenvalue weighted by molar-refractivity contribution is 8.03. The first-order valence-corrected chi connectivity index (χ1v) is 19.9. The summed E-state index contributed by atoms with van der Waals surface area (Å²) in [6.45, 7) is 4.83. The van der Waals surface area contributed by atoms with E-state index in [4.69, 9.17) is 0 Å². The van der Waals surface area contributed by atoms with E-state index >= 15 is 0 Å². The Bertz CT molecular complexity index is 2550. The maximum absolute atomic E-state index is 2.42. The van der Waals surface area contributed by atoms with Gasteiger partial charge in [0.15, 0.2) is 0 Å². The van der Waals surface area contributed by atoms with Gasteiger partial charge in [-0.25, -0.2) is 0 Å². The highest BCUT2D eigenvalue weighted by Crippen LogP contribution is 2.57. The molecule has 0 aromatic heterocycles. The molecule has 3 aliphatic rings. The van der Waals surface area contributed by atoms with Crippen molar-refractivity contribution < 1.29 is 0 Å². The lowest BCUT2D eigenvalue weighted by Gasteiger charge is -2.42. The lowest BCUT2D eigenvalue weighted by Crippen LogP contribution is -2.33. The Hall–Kier alpha value is -5.83. The predicted octanol–water partition coefficient (Wildman–Crippen LogP) is 14.0. The number of thioether (sulfide) groups is 1. The molecule has 1 unspecified atom stereocenters. The largest absolute Gasteiger partial charge is 0.310 e. The van der Waals surface area contributed by atoms with Crippen LogP contribution in [-0.2, 0) is 10.8 Å². The molecule has 0 bridgehead atoms. The molecule has 0 saturated carbocycles. The zero-order chi connectivity index (χ0) is 36.3. The molecule has 1 atom stereocenters. The highest BCUT2D eigenvalue weighted by Gasteiger charge is 2.46. The number of rotatable bonds is 6. The van der Waals surface area contributed by atoms with Crippen molar-refractivity contribution in [3.8, 4) is 22.3 Å². The number of anilines is 3. The topological polar surface area (TPSA) is 3.24 Å². The second-order valence-electron chi connectivity index (χ2n) is 15.3. The molecule has 0 amide bonds. The molecule has 1 nitrogen and oxygen atoms in total. The molecular weight excluding hydrogens is 671 g/mol. The van der Waals surface area contributed by atoms with Crippen molar-refractivity contribution in [3.63, 3.8) is 0 Å². The Morgan fingerprint density at radius 1 is 0.519 bits per heavy atom. The summed E-state index contributed by atoms with van der Waals surface area (Å²) in [7, 11) is 0. The molecule has 0 fully saturated rings. The minimum Gasteiger partial charge on any atom is -0.310 e. The van der Waals surface area contributed by atoms with Crippen LogP contribution in [0.5, 0.6) is 0 Å². The van der Waals surface area contributed by atoms with Crippen LogP contribution in [0.25, 0.3) is 22.3 Å². The minimum atomic E-state index is -0.466. The van der Waals surface area contributed by atoms with E-state index in [0.717, 1.165) is 23.5 Å². The summed E-state index contributed by atoms with van der Waals surface area (Å²) in [5.41, 5.74) is 14.7.